The lowest BCUT2D eigenvalue weighted by molar-refractivity contribution is -0.137. The van der Waals surface area contributed by atoms with Gasteiger partial charge in [-0.25, -0.2) is 4.79 Å². The van der Waals surface area contributed by atoms with Gasteiger partial charge in [-0.1, -0.05) is 0 Å². The number of amides is 2. The van der Waals surface area contributed by atoms with Crippen LogP contribution in [-0.2, 0) is 11.6 Å². The number of hydrogen-bond acceptors (Lipinski definition) is 2. The molecule has 1 fully saturated rings. The second-order valence-electron chi connectivity index (χ2n) is 5.68. The van der Waals surface area contributed by atoms with Crippen LogP contribution in [0.25, 0.3) is 0 Å². The maximum atomic E-state index is 13.0. The van der Waals surface area contributed by atoms with Gasteiger partial charge in [0.25, 0.3) is 0 Å². The van der Waals surface area contributed by atoms with E-state index in [4.69, 9.17) is 5.73 Å². The molecule has 1 saturated heterocycles. The van der Waals surface area contributed by atoms with Gasteiger partial charge in [-0.2, -0.15) is 13.2 Å². The molecule has 2 amide bonds. The average molecular weight is 299 g/mol. The SMILES string of the molecule is NC(=O)N1CC2(CCNCC2)c2cc(C(F)(F)F)ccc21. The Morgan fingerprint density at radius 2 is 1.95 bits per heavy atom. The number of nitrogens with one attached hydrogen (secondary N) is 1. The van der Waals surface area contributed by atoms with E-state index in [-0.39, 0.29) is 0 Å². The summed E-state index contributed by atoms with van der Waals surface area (Å²) >= 11 is 0. The van der Waals surface area contributed by atoms with Gasteiger partial charge in [0.05, 0.1) is 5.56 Å². The number of carbonyl (C=O) groups excluding carboxylic acids is 1. The van der Waals surface area contributed by atoms with Crippen LogP contribution in [0.5, 0.6) is 0 Å². The smallest absolute Gasteiger partial charge is 0.351 e. The molecule has 4 nitrogen and oxygen atoms in total. The summed E-state index contributed by atoms with van der Waals surface area (Å²) in [6, 6.07) is 2.93. The lowest BCUT2D eigenvalue weighted by atomic mass is 9.74. The average Bonchev–Trinajstić information content (AvgIpc) is 2.73. The molecular weight excluding hydrogens is 283 g/mol. The number of rotatable bonds is 0. The summed E-state index contributed by atoms with van der Waals surface area (Å²) < 4.78 is 38.9. The third-order valence-electron chi connectivity index (χ3n) is 4.47. The molecule has 2 aliphatic rings. The van der Waals surface area contributed by atoms with Crippen LogP contribution in [0.1, 0.15) is 24.0 Å². The number of anilines is 1. The molecule has 0 bridgehead atoms. The van der Waals surface area contributed by atoms with Gasteiger partial charge >= 0.3 is 12.2 Å². The first-order chi connectivity index (χ1) is 9.83. The van der Waals surface area contributed by atoms with Crippen molar-refractivity contribution >= 4 is 11.7 Å². The summed E-state index contributed by atoms with van der Waals surface area (Å²) in [5.74, 6) is 0. The fraction of sp³-hybridized carbons (Fsp3) is 0.500. The molecular formula is C14H16F3N3O. The fourth-order valence-corrected chi connectivity index (χ4v) is 3.37. The zero-order valence-corrected chi connectivity index (χ0v) is 11.3. The van der Waals surface area contributed by atoms with Gasteiger partial charge in [-0.15, -0.1) is 0 Å². The van der Waals surface area contributed by atoms with Gasteiger partial charge in [-0.05, 0) is 49.7 Å². The van der Waals surface area contributed by atoms with Crippen molar-refractivity contribution in [2.75, 3.05) is 24.5 Å². The highest BCUT2D eigenvalue weighted by molar-refractivity contribution is 5.94. The molecule has 0 aliphatic carbocycles. The molecule has 1 aromatic carbocycles. The fourth-order valence-electron chi connectivity index (χ4n) is 3.37. The molecule has 114 valence electrons. The van der Waals surface area contributed by atoms with Crippen LogP contribution >= 0.6 is 0 Å². The summed E-state index contributed by atoms with van der Waals surface area (Å²) in [4.78, 5) is 13.0. The number of primary amides is 1. The van der Waals surface area contributed by atoms with Crippen LogP contribution in [0.15, 0.2) is 18.2 Å². The minimum Gasteiger partial charge on any atom is -0.351 e. The van der Waals surface area contributed by atoms with Crippen LogP contribution in [-0.4, -0.2) is 25.7 Å². The summed E-state index contributed by atoms with van der Waals surface area (Å²) in [5, 5.41) is 3.20. The van der Waals surface area contributed by atoms with Gasteiger partial charge in [0.15, 0.2) is 0 Å². The molecule has 0 atom stereocenters. The van der Waals surface area contributed by atoms with Crippen molar-refractivity contribution in [1.29, 1.82) is 0 Å². The van der Waals surface area contributed by atoms with E-state index >= 15 is 0 Å². The summed E-state index contributed by atoms with van der Waals surface area (Å²) in [6.07, 6.45) is -2.99. The monoisotopic (exact) mass is 299 g/mol. The number of nitrogens with two attached hydrogens (primary N) is 1. The highest BCUT2D eigenvalue weighted by Gasteiger charge is 2.46. The molecule has 1 spiro atoms. The third-order valence-corrected chi connectivity index (χ3v) is 4.47. The summed E-state index contributed by atoms with van der Waals surface area (Å²) in [6.45, 7) is 1.81. The van der Waals surface area contributed by atoms with Crippen molar-refractivity contribution in [2.45, 2.75) is 24.4 Å². The maximum absolute atomic E-state index is 13.0. The van der Waals surface area contributed by atoms with E-state index in [1.54, 1.807) is 0 Å². The highest BCUT2D eigenvalue weighted by Crippen LogP contribution is 2.47. The normalized spacial score (nSPS) is 20.6. The van der Waals surface area contributed by atoms with Crippen molar-refractivity contribution in [2.24, 2.45) is 5.73 Å². The Morgan fingerprint density at radius 1 is 1.29 bits per heavy atom. The Labute approximate surface area is 120 Å². The number of carbonyl (C=O) groups is 1. The molecule has 21 heavy (non-hydrogen) atoms. The number of piperidine rings is 1. The van der Waals surface area contributed by atoms with Crippen LogP contribution in [0.3, 0.4) is 0 Å². The number of alkyl halides is 3. The van der Waals surface area contributed by atoms with Crippen LogP contribution in [0, 0.1) is 0 Å². The molecule has 0 unspecified atom stereocenters. The van der Waals surface area contributed by atoms with Crippen molar-refractivity contribution in [1.82, 2.24) is 5.32 Å². The Kier molecular flexibility index (Phi) is 3.12. The molecule has 3 rings (SSSR count). The number of benzene rings is 1. The van der Waals surface area contributed by atoms with E-state index in [0.717, 1.165) is 19.2 Å². The first kappa shape index (κ1) is 14.2. The van der Waals surface area contributed by atoms with E-state index in [1.807, 2.05) is 0 Å². The molecule has 0 radical (unpaired) electrons. The number of nitrogens with zero attached hydrogens (tertiary/aromatic N) is 1. The second-order valence-corrected chi connectivity index (χ2v) is 5.68. The molecule has 0 saturated carbocycles. The van der Waals surface area contributed by atoms with E-state index in [9.17, 15) is 18.0 Å². The van der Waals surface area contributed by atoms with E-state index < -0.39 is 23.2 Å². The van der Waals surface area contributed by atoms with Crippen molar-refractivity contribution < 1.29 is 18.0 Å². The van der Waals surface area contributed by atoms with E-state index in [1.165, 1.54) is 17.0 Å². The Bertz CT molecular complexity index is 579. The maximum Gasteiger partial charge on any atom is 0.416 e. The predicted octanol–water partition coefficient (Wildman–Crippen LogP) is 2.23. The molecule has 0 aromatic heterocycles. The Balaban J connectivity index is 2.12. The van der Waals surface area contributed by atoms with Gasteiger partial charge in [-0.3, -0.25) is 4.90 Å². The minimum absolute atomic E-state index is 0.362. The molecule has 7 heteroatoms. The van der Waals surface area contributed by atoms with Gasteiger partial charge in [0.1, 0.15) is 0 Å². The topological polar surface area (TPSA) is 58.4 Å². The van der Waals surface area contributed by atoms with E-state index in [2.05, 4.69) is 5.32 Å². The first-order valence-corrected chi connectivity index (χ1v) is 6.83. The zero-order chi connectivity index (χ0) is 15.3. The lowest BCUT2D eigenvalue weighted by Gasteiger charge is -2.34. The molecule has 1 aromatic rings. The second kappa shape index (κ2) is 4.62. The predicted molar refractivity (Wildman–Crippen MR) is 72.2 cm³/mol. The largest absolute Gasteiger partial charge is 0.416 e. The summed E-state index contributed by atoms with van der Waals surface area (Å²) in [7, 11) is 0. The lowest BCUT2D eigenvalue weighted by Crippen LogP contribution is -2.45. The minimum atomic E-state index is -4.39. The molecule has 2 aliphatic heterocycles. The van der Waals surface area contributed by atoms with Crippen molar-refractivity contribution in [3.63, 3.8) is 0 Å². The number of hydrogen-bond donors (Lipinski definition) is 2. The van der Waals surface area contributed by atoms with Crippen molar-refractivity contribution in [3.8, 4) is 0 Å². The highest BCUT2D eigenvalue weighted by atomic mass is 19.4. The van der Waals surface area contributed by atoms with Gasteiger partial charge in [0.2, 0.25) is 0 Å². The van der Waals surface area contributed by atoms with Gasteiger partial charge < -0.3 is 11.1 Å². The number of halogens is 3. The first-order valence-electron chi connectivity index (χ1n) is 6.83. The standard InChI is InChI=1S/C14H16F3N3O/c15-14(16,17)9-1-2-11-10(7-9)13(3-5-19-6-4-13)8-20(11)12(18)21/h1-2,7,19H,3-6,8H2,(H2,18,21). The Hall–Kier alpha value is -1.76. The Morgan fingerprint density at radius 3 is 2.52 bits per heavy atom. The molecule has 3 N–H and O–H groups in total. The van der Waals surface area contributed by atoms with Crippen molar-refractivity contribution in [3.05, 3.63) is 29.3 Å². The number of fused-ring (bicyclic) bond motifs is 2. The van der Waals surface area contributed by atoms with Crippen LogP contribution < -0.4 is 16.0 Å². The van der Waals surface area contributed by atoms with E-state index in [0.29, 0.717) is 30.6 Å². The van der Waals surface area contributed by atoms with Crippen LogP contribution in [0.2, 0.25) is 0 Å². The van der Waals surface area contributed by atoms with Gasteiger partial charge in [0, 0.05) is 17.6 Å². The quantitative estimate of drug-likeness (QED) is 0.772. The van der Waals surface area contributed by atoms with Crippen LogP contribution in [0.4, 0.5) is 23.7 Å². The third kappa shape index (κ3) is 2.25. The number of urea groups is 1. The summed E-state index contributed by atoms with van der Waals surface area (Å²) in [5.41, 5.74) is 5.39. The molecule has 2 heterocycles. The zero-order valence-electron chi connectivity index (χ0n) is 11.3.